The van der Waals surface area contributed by atoms with Gasteiger partial charge < -0.3 is 19.5 Å². The van der Waals surface area contributed by atoms with Gasteiger partial charge in [-0.3, -0.25) is 0 Å². The summed E-state index contributed by atoms with van der Waals surface area (Å²) in [4.78, 5) is 0. The van der Waals surface area contributed by atoms with E-state index in [0.29, 0.717) is 6.61 Å². The van der Waals surface area contributed by atoms with Crippen molar-refractivity contribution in [3.8, 4) is 5.75 Å². The molecule has 0 radical (unpaired) electrons. The molecule has 0 fully saturated rings. The SMILES string of the molecule is COCCNCc1ccccc1OCOC. The van der Waals surface area contributed by atoms with Gasteiger partial charge in [-0.05, 0) is 6.07 Å². The molecule has 1 N–H and O–H groups in total. The van der Waals surface area contributed by atoms with Crippen LogP contribution in [0.2, 0.25) is 0 Å². The Labute approximate surface area is 96.5 Å². The van der Waals surface area contributed by atoms with E-state index in [1.165, 1.54) is 0 Å². The molecule has 4 nitrogen and oxygen atoms in total. The Morgan fingerprint density at radius 2 is 1.94 bits per heavy atom. The van der Waals surface area contributed by atoms with Crippen molar-refractivity contribution in [2.45, 2.75) is 6.54 Å². The molecular weight excluding hydrogens is 206 g/mol. The minimum atomic E-state index is 0.273. The number of ether oxygens (including phenoxy) is 3. The summed E-state index contributed by atoms with van der Waals surface area (Å²) in [5.74, 6) is 0.856. The largest absolute Gasteiger partial charge is 0.467 e. The average molecular weight is 225 g/mol. The first kappa shape index (κ1) is 13.0. The monoisotopic (exact) mass is 225 g/mol. The summed E-state index contributed by atoms with van der Waals surface area (Å²) in [6, 6.07) is 7.91. The van der Waals surface area contributed by atoms with Crippen molar-refractivity contribution in [2.24, 2.45) is 0 Å². The van der Waals surface area contributed by atoms with Gasteiger partial charge in [0.05, 0.1) is 6.61 Å². The fourth-order valence-corrected chi connectivity index (χ4v) is 1.31. The Morgan fingerprint density at radius 3 is 2.69 bits per heavy atom. The molecule has 0 saturated carbocycles. The van der Waals surface area contributed by atoms with Crippen molar-refractivity contribution in [2.75, 3.05) is 34.2 Å². The fraction of sp³-hybridized carbons (Fsp3) is 0.500. The molecule has 0 amide bonds. The Bertz CT molecular complexity index is 291. The van der Waals surface area contributed by atoms with E-state index in [-0.39, 0.29) is 6.79 Å². The molecule has 4 heteroatoms. The maximum Gasteiger partial charge on any atom is 0.188 e. The van der Waals surface area contributed by atoms with E-state index in [4.69, 9.17) is 14.2 Å². The van der Waals surface area contributed by atoms with Crippen molar-refractivity contribution in [3.05, 3.63) is 29.8 Å². The van der Waals surface area contributed by atoms with Crippen LogP contribution in [0.5, 0.6) is 5.75 Å². The van der Waals surface area contributed by atoms with Crippen molar-refractivity contribution in [1.29, 1.82) is 0 Å². The zero-order valence-corrected chi connectivity index (χ0v) is 9.86. The summed E-state index contributed by atoms with van der Waals surface area (Å²) < 4.78 is 15.3. The molecule has 0 aliphatic carbocycles. The van der Waals surface area contributed by atoms with Crippen LogP contribution >= 0.6 is 0 Å². The predicted octanol–water partition coefficient (Wildman–Crippen LogP) is 1.41. The lowest BCUT2D eigenvalue weighted by atomic mass is 10.2. The van der Waals surface area contributed by atoms with Gasteiger partial charge in [0.15, 0.2) is 6.79 Å². The molecule has 1 aromatic rings. The lowest BCUT2D eigenvalue weighted by molar-refractivity contribution is 0.0503. The number of hydrogen-bond acceptors (Lipinski definition) is 4. The van der Waals surface area contributed by atoms with Crippen LogP contribution in [0.15, 0.2) is 24.3 Å². The molecule has 90 valence electrons. The van der Waals surface area contributed by atoms with E-state index < -0.39 is 0 Å². The van der Waals surface area contributed by atoms with E-state index in [1.54, 1.807) is 14.2 Å². The Balaban J connectivity index is 2.43. The summed E-state index contributed by atoms with van der Waals surface area (Å²) in [6.45, 7) is 2.58. The Hall–Kier alpha value is -1.10. The fourth-order valence-electron chi connectivity index (χ4n) is 1.31. The lowest BCUT2D eigenvalue weighted by Gasteiger charge is -2.11. The highest BCUT2D eigenvalue weighted by atomic mass is 16.7. The number of methoxy groups -OCH3 is 2. The second-order valence-corrected chi connectivity index (χ2v) is 3.33. The standard InChI is InChI=1S/C12H19NO3/c1-14-8-7-13-9-11-5-3-4-6-12(11)16-10-15-2/h3-6,13H,7-10H2,1-2H3. The van der Waals surface area contributed by atoms with Crippen LogP contribution in [0, 0.1) is 0 Å². The molecule has 16 heavy (non-hydrogen) atoms. The highest BCUT2D eigenvalue weighted by molar-refractivity contribution is 5.33. The highest BCUT2D eigenvalue weighted by Gasteiger charge is 2.01. The first-order valence-corrected chi connectivity index (χ1v) is 5.27. The van der Waals surface area contributed by atoms with Gasteiger partial charge >= 0.3 is 0 Å². The maximum atomic E-state index is 5.45. The van der Waals surface area contributed by atoms with Crippen LogP contribution in [0.4, 0.5) is 0 Å². The van der Waals surface area contributed by atoms with Gasteiger partial charge in [0.1, 0.15) is 5.75 Å². The third-order valence-electron chi connectivity index (χ3n) is 2.10. The number of benzene rings is 1. The predicted molar refractivity (Wildman–Crippen MR) is 62.5 cm³/mol. The van der Waals surface area contributed by atoms with Crippen LogP contribution in [0.1, 0.15) is 5.56 Å². The Morgan fingerprint density at radius 1 is 1.12 bits per heavy atom. The molecule has 1 aromatic carbocycles. The molecule has 1 rings (SSSR count). The van der Waals surface area contributed by atoms with Crippen LogP contribution in [0.25, 0.3) is 0 Å². The molecule has 0 heterocycles. The molecular formula is C12H19NO3. The quantitative estimate of drug-likeness (QED) is 0.536. The second kappa shape index (κ2) is 8.10. The summed E-state index contributed by atoms with van der Waals surface area (Å²) in [7, 11) is 3.30. The summed E-state index contributed by atoms with van der Waals surface area (Å²) in [5, 5.41) is 3.27. The van der Waals surface area contributed by atoms with E-state index in [2.05, 4.69) is 5.32 Å². The van der Waals surface area contributed by atoms with Crippen LogP contribution < -0.4 is 10.1 Å². The van der Waals surface area contributed by atoms with Crippen molar-refractivity contribution < 1.29 is 14.2 Å². The third-order valence-corrected chi connectivity index (χ3v) is 2.10. The topological polar surface area (TPSA) is 39.7 Å². The van der Waals surface area contributed by atoms with Gasteiger partial charge in [-0.1, -0.05) is 18.2 Å². The molecule has 0 unspecified atom stereocenters. The van der Waals surface area contributed by atoms with Crippen LogP contribution in [0.3, 0.4) is 0 Å². The summed E-state index contributed by atoms with van der Waals surface area (Å²) in [5.41, 5.74) is 1.12. The average Bonchev–Trinajstić information content (AvgIpc) is 2.33. The number of hydrogen-bond donors (Lipinski definition) is 1. The minimum Gasteiger partial charge on any atom is -0.467 e. The molecule has 0 spiro atoms. The normalized spacial score (nSPS) is 10.4. The van der Waals surface area contributed by atoms with Crippen LogP contribution in [-0.2, 0) is 16.0 Å². The van der Waals surface area contributed by atoms with Gasteiger partial charge in [0.25, 0.3) is 0 Å². The van der Waals surface area contributed by atoms with E-state index in [0.717, 1.165) is 24.4 Å². The molecule has 0 aromatic heterocycles. The smallest absolute Gasteiger partial charge is 0.188 e. The molecule has 0 aliphatic heterocycles. The summed E-state index contributed by atoms with van der Waals surface area (Å²) >= 11 is 0. The van der Waals surface area contributed by atoms with Crippen molar-refractivity contribution >= 4 is 0 Å². The first-order valence-electron chi connectivity index (χ1n) is 5.27. The van der Waals surface area contributed by atoms with Gasteiger partial charge in [-0.2, -0.15) is 0 Å². The maximum absolute atomic E-state index is 5.45. The van der Waals surface area contributed by atoms with E-state index in [9.17, 15) is 0 Å². The number of rotatable bonds is 8. The zero-order chi connectivity index (χ0) is 11.6. The van der Waals surface area contributed by atoms with Gasteiger partial charge in [0, 0.05) is 32.9 Å². The van der Waals surface area contributed by atoms with Gasteiger partial charge in [0.2, 0.25) is 0 Å². The molecule has 0 atom stereocenters. The number of nitrogens with one attached hydrogen (secondary N) is 1. The van der Waals surface area contributed by atoms with Crippen LogP contribution in [-0.4, -0.2) is 34.2 Å². The second-order valence-electron chi connectivity index (χ2n) is 3.33. The molecule has 0 aliphatic rings. The highest BCUT2D eigenvalue weighted by Crippen LogP contribution is 2.17. The third kappa shape index (κ3) is 4.61. The van der Waals surface area contributed by atoms with E-state index >= 15 is 0 Å². The zero-order valence-electron chi connectivity index (χ0n) is 9.86. The van der Waals surface area contributed by atoms with Gasteiger partial charge in [-0.15, -0.1) is 0 Å². The van der Waals surface area contributed by atoms with Gasteiger partial charge in [-0.25, -0.2) is 0 Å². The molecule has 0 saturated heterocycles. The number of para-hydroxylation sites is 1. The van der Waals surface area contributed by atoms with E-state index in [1.807, 2.05) is 24.3 Å². The Kier molecular flexibility index (Phi) is 6.56. The lowest BCUT2D eigenvalue weighted by Crippen LogP contribution is -2.19. The molecule has 0 bridgehead atoms. The minimum absolute atomic E-state index is 0.273. The van der Waals surface area contributed by atoms with Crippen molar-refractivity contribution in [3.63, 3.8) is 0 Å². The first-order chi connectivity index (χ1) is 7.88. The van der Waals surface area contributed by atoms with Crippen molar-refractivity contribution in [1.82, 2.24) is 5.32 Å². The summed E-state index contributed by atoms with van der Waals surface area (Å²) in [6.07, 6.45) is 0.